The number of carbonyl (C=O) groups is 2. The van der Waals surface area contributed by atoms with Gasteiger partial charge in [0.1, 0.15) is 0 Å². The Balaban J connectivity index is 1.77. The lowest BCUT2D eigenvalue weighted by Crippen LogP contribution is -2.44. The fourth-order valence-corrected chi connectivity index (χ4v) is 3.47. The average molecular weight is 419 g/mol. The highest BCUT2D eigenvalue weighted by Gasteiger charge is 2.33. The van der Waals surface area contributed by atoms with Gasteiger partial charge in [-0.3, -0.25) is 15.0 Å². The normalized spacial score (nSPS) is 15.9. The fourth-order valence-electron chi connectivity index (χ4n) is 2.03. The molecule has 24 heavy (non-hydrogen) atoms. The van der Waals surface area contributed by atoms with Crippen molar-refractivity contribution < 1.29 is 9.59 Å². The third kappa shape index (κ3) is 3.75. The highest BCUT2D eigenvalue weighted by molar-refractivity contribution is 9.10. The number of carbonyl (C=O) groups excluding carboxylic acids is 2. The number of amides is 2. The fraction of sp³-hybridized carbons (Fsp3) is 0. The standard InChI is InChI=1S/C17H11BrN2O2S2/c18-13-8-6-11(7-9-13)10-14-16(22)20(17(23)24-14)19-15(21)12-4-2-1-3-5-12/h1-10H,(H,19,21)/b14-10-. The summed E-state index contributed by atoms with van der Waals surface area (Å²) in [6.07, 6.45) is 1.75. The summed E-state index contributed by atoms with van der Waals surface area (Å²) in [5, 5.41) is 1.11. The third-order valence-electron chi connectivity index (χ3n) is 3.21. The molecule has 1 aliphatic heterocycles. The zero-order valence-electron chi connectivity index (χ0n) is 12.2. The molecule has 1 saturated heterocycles. The van der Waals surface area contributed by atoms with Crippen LogP contribution >= 0.6 is 39.9 Å². The van der Waals surface area contributed by atoms with E-state index in [4.69, 9.17) is 12.2 Å². The quantitative estimate of drug-likeness (QED) is 0.604. The van der Waals surface area contributed by atoms with Gasteiger partial charge in [-0.05, 0) is 48.1 Å². The van der Waals surface area contributed by atoms with Gasteiger partial charge in [-0.1, -0.05) is 58.0 Å². The Bertz CT molecular complexity index is 835. The van der Waals surface area contributed by atoms with Crippen LogP contribution in [0.2, 0.25) is 0 Å². The average Bonchev–Trinajstić information content (AvgIpc) is 2.85. The summed E-state index contributed by atoms with van der Waals surface area (Å²) >= 11 is 9.73. The van der Waals surface area contributed by atoms with E-state index in [1.807, 2.05) is 30.3 Å². The lowest BCUT2D eigenvalue weighted by molar-refractivity contribution is -0.123. The van der Waals surface area contributed by atoms with Crippen molar-refractivity contribution in [1.82, 2.24) is 10.4 Å². The molecule has 0 aromatic heterocycles. The van der Waals surface area contributed by atoms with E-state index in [9.17, 15) is 9.59 Å². The Hall–Kier alpha value is -1.96. The second-order valence-corrected chi connectivity index (χ2v) is 7.47. The molecule has 3 rings (SSSR count). The molecule has 2 aromatic rings. The van der Waals surface area contributed by atoms with Gasteiger partial charge in [0.15, 0.2) is 4.32 Å². The van der Waals surface area contributed by atoms with Gasteiger partial charge in [0.25, 0.3) is 11.8 Å². The van der Waals surface area contributed by atoms with Crippen molar-refractivity contribution in [3.63, 3.8) is 0 Å². The SMILES string of the molecule is O=C(NN1C(=O)/C(=C/c2ccc(Br)cc2)SC1=S)c1ccccc1. The summed E-state index contributed by atoms with van der Waals surface area (Å²) in [6, 6.07) is 16.2. The van der Waals surface area contributed by atoms with Gasteiger partial charge in [0.2, 0.25) is 0 Å². The maximum atomic E-state index is 12.5. The number of hydrogen-bond donors (Lipinski definition) is 1. The number of thiocarbonyl (C=S) groups is 1. The minimum absolute atomic E-state index is 0.299. The molecule has 0 spiro atoms. The molecule has 0 saturated carbocycles. The summed E-state index contributed by atoms with van der Waals surface area (Å²) in [4.78, 5) is 25.1. The highest BCUT2D eigenvalue weighted by Crippen LogP contribution is 2.31. The third-order valence-corrected chi connectivity index (χ3v) is 5.04. The van der Waals surface area contributed by atoms with Crippen LogP contribution in [0.25, 0.3) is 6.08 Å². The first-order chi connectivity index (χ1) is 11.5. The largest absolute Gasteiger partial charge is 0.285 e. The lowest BCUT2D eigenvalue weighted by atomic mass is 10.2. The molecule has 1 fully saturated rings. The van der Waals surface area contributed by atoms with Crippen LogP contribution in [0.4, 0.5) is 0 Å². The zero-order chi connectivity index (χ0) is 17.1. The van der Waals surface area contributed by atoms with Gasteiger partial charge in [-0.2, -0.15) is 5.01 Å². The van der Waals surface area contributed by atoms with E-state index in [2.05, 4.69) is 21.4 Å². The summed E-state index contributed by atoms with van der Waals surface area (Å²) < 4.78 is 1.26. The minimum Gasteiger partial charge on any atom is -0.267 e. The summed E-state index contributed by atoms with van der Waals surface area (Å²) in [5.41, 5.74) is 3.90. The maximum Gasteiger partial charge on any atom is 0.285 e. The van der Waals surface area contributed by atoms with E-state index in [1.165, 1.54) is 0 Å². The summed E-state index contributed by atoms with van der Waals surface area (Å²) in [5.74, 6) is -0.714. The van der Waals surface area contributed by atoms with E-state index in [0.29, 0.717) is 14.8 Å². The van der Waals surface area contributed by atoms with Crippen molar-refractivity contribution in [3.05, 3.63) is 75.1 Å². The predicted molar refractivity (Wildman–Crippen MR) is 103 cm³/mol. The second kappa shape index (κ2) is 7.29. The van der Waals surface area contributed by atoms with Crippen molar-refractivity contribution in [2.45, 2.75) is 0 Å². The van der Waals surface area contributed by atoms with Crippen LogP contribution in [0, 0.1) is 0 Å². The van der Waals surface area contributed by atoms with Crippen molar-refractivity contribution in [1.29, 1.82) is 0 Å². The molecule has 1 heterocycles. The number of halogens is 1. The molecule has 1 aliphatic rings. The van der Waals surface area contributed by atoms with Crippen LogP contribution in [-0.4, -0.2) is 21.1 Å². The molecule has 0 unspecified atom stereocenters. The zero-order valence-corrected chi connectivity index (χ0v) is 15.5. The molecule has 0 atom stereocenters. The van der Waals surface area contributed by atoms with Gasteiger partial charge in [-0.25, -0.2) is 0 Å². The van der Waals surface area contributed by atoms with Gasteiger partial charge >= 0.3 is 0 Å². The number of hydrazine groups is 1. The van der Waals surface area contributed by atoms with Crippen LogP contribution in [0.5, 0.6) is 0 Å². The molecule has 7 heteroatoms. The first-order valence-electron chi connectivity index (χ1n) is 6.94. The number of hydrogen-bond acceptors (Lipinski definition) is 4. The number of nitrogens with one attached hydrogen (secondary N) is 1. The van der Waals surface area contributed by atoms with Crippen LogP contribution in [-0.2, 0) is 4.79 Å². The van der Waals surface area contributed by atoms with Gasteiger partial charge in [0.05, 0.1) is 4.91 Å². The van der Waals surface area contributed by atoms with Crippen LogP contribution in [0.3, 0.4) is 0 Å². The van der Waals surface area contributed by atoms with Crippen molar-refractivity contribution >= 4 is 62.1 Å². The predicted octanol–water partition coefficient (Wildman–Crippen LogP) is 4.00. The summed E-state index contributed by atoms with van der Waals surface area (Å²) in [6.45, 7) is 0. The van der Waals surface area contributed by atoms with Gasteiger partial charge in [0, 0.05) is 10.0 Å². The Morgan fingerprint density at radius 2 is 1.79 bits per heavy atom. The van der Waals surface area contributed by atoms with E-state index in [0.717, 1.165) is 26.8 Å². The van der Waals surface area contributed by atoms with Gasteiger partial charge < -0.3 is 0 Å². The summed E-state index contributed by atoms with van der Waals surface area (Å²) in [7, 11) is 0. The number of rotatable bonds is 3. The lowest BCUT2D eigenvalue weighted by Gasteiger charge is -2.15. The van der Waals surface area contributed by atoms with E-state index >= 15 is 0 Å². The van der Waals surface area contributed by atoms with E-state index in [-0.39, 0.29) is 11.8 Å². The highest BCUT2D eigenvalue weighted by atomic mass is 79.9. The molecular weight excluding hydrogens is 408 g/mol. The van der Waals surface area contributed by atoms with Gasteiger partial charge in [-0.15, -0.1) is 0 Å². The number of nitrogens with zero attached hydrogens (tertiary/aromatic N) is 1. The Morgan fingerprint density at radius 1 is 1.12 bits per heavy atom. The molecular formula is C17H11BrN2O2S2. The molecule has 0 aliphatic carbocycles. The van der Waals surface area contributed by atoms with E-state index in [1.54, 1.807) is 30.3 Å². The number of thioether (sulfide) groups is 1. The Morgan fingerprint density at radius 3 is 2.46 bits per heavy atom. The molecule has 4 nitrogen and oxygen atoms in total. The first-order valence-corrected chi connectivity index (χ1v) is 8.96. The van der Waals surface area contributed by atoms with Crippen LogP contribution in [0.15, 0.2) is 64.0 Å². The Labute approximate surface area is 157 Å². The van der Waals surface area contributed by atoms with Crippen molar-refractivity contribution in [2.24, 2.45) is 0 Å². The van der Waals surface area contributed by atoms with Crippen molar-refractivity contribution in [2.75, 3.05) is 0 Å². The molecule has 120 valence electrons. The minimum atomic E-state index is -0.378. The first kappa shape index (κ1) is 16.9. The second-order valence-electron chi connectivity index (χ2n) is 4.88. The maximum absolute atomic E-state index is 12.5. The number of benzene rings is 2. The Kier molecular flexibility index (Phi) is 5.13. The molecule has 2 amide bonds. The molecule has 2 aromatic carbocycles. The monoisotopic (exact) mass is 418 g/mol. The molecule has 0 bridgehead atoms. The van der Waals surface area contributed by atoms with Crippen molar-refractivity contribution in [3.8, 4) is 0 Å². The topological polar surface area (TPSA) is 49.4 Å². The van der Waals surface area contributed by atoms with Crippen LogP contribution in [0.1, 0.15) is 15.9 Å². The molecule has 1 N–H and O–H groups in total. The smallest absolute Gasteiger partial charge is 0.267 e. The molecule has 0 radical (unpaired) electrons. The van der Waals surface area contributed by atoms with Crippen LogP contribution < -0.4 is 5.43 Å². The van der Waals surface area contributed by atoms with E-state index < -0.39 is 0 Å².